The second kappa shape index (κ2) is 5.01. The van der Waals surface area contributed by atoms with Gasteiger partial charge in [-0.25, -0.2) is 4.98 Å². The van der Waals surface area contributed by atoms with Crippen molar-refractivity contribution in [3.8, 4) is 0 Å². The van der Waals surface area contributed by atoms with E-state index in [0.29, 0.717) is 6.54 Å². The van der Waals surface area contributed by atoms with Gasteiger partial charge in [-0.3, -0.25) is 0 Å². The number of hydrogen-bond donors (Lipinski definition) is 1. The maximum Gasteiger partial charge on any atom is 0.416 e. The van der Waals surface area contributed by atoms with Crippen LogP contribution >= 0.6 is 0 Å². The van der Waals surface area contributed by atoms with Crippen molar-refractivity contribution in [1.82, 2.24) is 4.98 Å². The van der Waals surface area contributed by atoms with Gasteiger partial charge < -0.3 is 5.32 Å². The number of nitrogens with one attached hydrogen (secondary N) is 1. The highest BCUT2D eigenvalue weighted by atomic mass is 19.4. The second-order valence-corrected chi connectivity index (χ2v) is 3.59. The highest BCUT2D eigenvalue weighted by Gasteiger charge is 2.30. The van der Waals surface area contributed by atoms with Gasteiger partial charge in [0, 0.05) is 12.7 Å². The van der Waals surface area contributed by atoms with E-state index in [2.05, 4.69) is 10.3 Å². The van der Waals surface area contributed by atoms with Crippen LogP contribution in [0.5, 0.6) is 0 Å². The number of allylic oxidation sites excluding steroid dienone is 1. The van der Waals surface area contributed by atoms with Gasteiger partial charge in [0.1, 0.15) is 5.82 Å². The molecule has 0 radical (unpaired) electrons. The quantitative estimate of drug-likeness (QED) is 0.804. The van der Waals surface area contributed by atoms with Crippen LogP contribution in [0.4, 0.5) is 19.0 Å². The van der Waals surface area contributed by atoms with E-state index in [1.54, 1.807) is 0 Å². The molecule has 1 N–H and O–H groups in total. The molecule has 2 nitrogen and oxygen atoms in total. The molecule has 0 atom stereocenters. The monoisotopic (exact) mass is 230 g/mol. The largest absolute Gasteiger partial charge is 0.416 e. The van der Waals surface area contributed by atoms with Crippen molar-refractivity contribution in [1.29, 1.82) is 0 Å². The molecule has 0 aromatic carbocycles. The lowest BCUT2D eigenvalue weighted by molar-refractivity contribution is -0.137. The van der Waals surface area contributed by atoms with E-state index < -0.39 is 11.7 Å². The zero-order valence-electron chi connectivity index (χ0n) is 9.10. The number of nitrogens with zero attached hydrogens (tertiary/aromatic N) is 1. The van der Waals surface area contributed by atoms with Crippen LogP contribution in [0.3, 0.4) is 0 Å². The lowest BCUT2D eigenvalue weighted by Crippen LogP contribution is -2.07. The van der Waals surface area contributed by atoms with Gasteiger partial charge in [0.05, 0.1) is 5.56 Å². The normalized spacial score (nSPS) is 11.1. The summed E-state index contributed by atoms with van der Waals surface area (Å²) in [4.78, 5) is 3.81. The van der Waals surface area contributed by atoms with E-state index in [1.807, 2.05) is 19.9 Å². The third kappa shape index (κ3) is 3.92. The summed E-state index contributed by atoms with van der Waals surface area (Å²) in [5.41, 5.74) is 0.404. The van der Waals surface area contributed by atoms with Gasteiger partial charge in [-0.2, -0.15) is 13.2 Å². The standard InChI is InChI=1S/C11H13F3N2/c1-8(2)3-5-15-10-7-9(4-6-16-10)11(12,13)14/h3-4,6-7H,5H2,1-2H3,(H,15,16). The lowest BCUT2D eigenvalue weighted by Gasteiger charge is -2.08. The molecule has 0 bridgehead atoms. The third-order valence-corrected chi connectivity index (χ3v) is 1.88. The Morgan fingerprint density at radius 2 is 2.12 bits per heavy atom. The van der Waals surface area contributed by atoms with Gasteiger partial charge in [-0.05, 0) is 26.0 Å². The fourth-order valence-electron chi connectivity index (χ4n) is 1.06. The van der Waals surface area contributed by atoms with E-state index >= 15 is 0 Å². The maximum absolute atomic E-state index is 12.4. The summed E-state index contributed by atoms with van der Waals surface area (Å²) in [5.74, 6) is 0.229. The van der Waals surface area contributed by atoms with E-state index in [-0.39, 0.29) is 5.82 Å². The fraction of sp³-hybridized carbons (Fsp3) is 0.364. The number of halogens is 3. The van der Waals surface area contributed by atoms with Crippen LogP contribution in [-0.2, 0) is 6.18 Å². The molecule has 1 rings (SSSR count). The summed E-state index contributed by atoms with van der Waals surface area (Å²) in [6.07, 6.45) is -1.30. The smallest absolute Gasteiger partial charge is 0.367 e. The summed E-state index contributed by atoms with van der Waals surface area (Å²) < 4.78 is 37.1. The molecule has 0 amide bonds. The van der Waals surface area contributed by atoms with Gasteiger partial charge in [-0.15, -0.1) is 0 Å². The van der Waals surface area contributed by atoms with Crippen molar-refractivity contribution in [3.05, 3.63) is 35.5 Å². The summed E-state index contributed by atoms with van der Waals surface area (Å²) in [7, 11) is 0. The Bertz CT molecular complexity index is 379. The van der Waals surface area contributed by atoms with Crippen molar-refractivity contribution in [2.75, 3.05) is 11.9 Å². The summed E-state index contributed by atoms with van der Waals surface area (Å²) >= 11 is 0. The Hall–Kier alpha value is -1.52. The van der Waals surface area contributed by atoms with Crippen LogP contribution in [0, 0.1) is 0 Å². The van der Waals surface area contributed by atoms with E-state index in [4.69, 9.17) is 0 Å². The molecule has 1 aromatic heterocycles. The van der Waals surface area contributed by atoms with Gasteiger partial charge in [0.2, 0.25) is 0 Å². The minimum absolute atomic E-state index is 0.229. The molecular formula is C11H13F3N2. The Morgan fingerprint density at radius 1 is 1.44 bits per heavy atom. The number of alkyl halides is 3. The molecule has 5 heteroatoms. The van der Waals surface area contributed by atoms with Crippen LogP contribution in [0.15, 0.2) is 30.0 Å². The van der Waals surface area contributed by atoms with Crippen LogP contribution < -0.4 is 5.32 Å². The minimum atomic E-state index is -4.32. The van der Waals surface area contributed by atoms with Crippen molar-refractivity contribution >= 4 is 5.82 Å². The Balaban J connectivity index is 2.72. The predicted octanol–water partition coefficient (Wildman–Crippen LogP) is 3.48. The molecule has 16 heavy (non-hydrogen) atoms. The average Bonchev–Trinajstić information content (AvgIpc) is 2.16. The lowest BCUT2D eigenvalue weighted by atomic mass is 10.2. The fourth-order valence-corrected chi connectivity index (χ4v) is 1.06. The third-order valence-electron chi connectivity index (χ3n) is 1.88. The van der Waals surface area contributed by atoms with Crippen molar-refractivity contribution in [2.45, 2.75) is 20.0 Å². The Morgan fingerprint density at radius 3 is 2.69 bits per heavy atom. The number of hydrogen-bond acceptors (Lipinski definition) is 2. The Kier molecular flexibility index (Phi) is 3.93. The minimum Gasteiger partial charge on any atom is -0.367 e. The predicted molar refractivity (Wildman–Crippen MR) is 57.2 cm³/mol. The molecule has 0 saturated heterocycles. The second-order valence-electron chi connectivity index (χ2n) is 3.59. The highest BCUT2D eigenvalue weighted by molar-refractivity contribution is 5.39. The molecule has 0 saturated carbocycles. The SMILES string of the molecule is CC(C)=CCNc1cc(C(F)(F)F)ccn1. The zero-order valence-corrected chi connectivity index (χ0v) is 9.10. The zero-order chi connectivity index (χ0) is 12.2. The summed E-state index contributed by atoms with van der Waals surface area (Å²) in [5, 5.41) is 2.80. The average molecular weight is 230 g/mol. The molecule has 0 aliphatic heterocycles. The van der Waals surface area contributed by atoms with Crippen molar-refractivity contribution in [3.63, 3.8) is 0 Å². The number of anilines is 1. The summed E-state index contributed by atoms with van der Waals surface area (Å²) in [6, 6.07) is 1.95. The molecule has 1 aromatic rings. The molecule has 0 spiro atoms. The van der Waals surface area contributed by atoms with Crippen LogP contribution in [0.2, 0.25) is 0 Å². The van der Waals surface area contributed by atoms with E-state index in [0.717, 1.165) is 23.9 Å². The van der Waals surface area contributed by atoms with Crippen molar-refractivity contribution in [2.24, 2.45) is 0 Å². The van der Waals surface area contributed by atoms with Gasteiger partial charge in [-0.1, -0.05) is 11.6 Å². The van der Waals surface area contributed by atoms with Gasteiger partial charge in [0.15, 0.2) is 0 Å². The van der Waals surface area contributed by atoms with Crippen LogP contribution in [0.1, 0.15) is 19.4 Å². The van der Waals surface area contributed by atoms with Gasteiger partial charge in [0.25, 0.3) is 0 Å². The number of aromatic nitrogens is 1. The first-order valence-corrected chi connectivity index (χ1v) is 4.80. The molecule has 0 unspecified atom stereocenters. The van der Waals surface area contributed by atoms with Crippen LogP contribution in [0.25, 0.3) is 0 Å². The topological polar surface area (TPSA) is 24.9 Å². The first-order valence-electron chi connectivity index (χ1n) is 4.80. The summed E-state index contributed by atoms with van der Waals surface area (Å²) in [6.45, 7) is 4.30. The Labute approximate surface area is 92.2 Å². The molecular weight excluding hydrogens is 217 g/mol. The van der Waals surface area contributed by atoms with Crippen LogP contribution in [-0.4, -0.2) is 11.5 Å². The molecule has 1 heterocycles. The molecule has 88 valence electrons. The number of pyridine rings is 1. The molecule has 0 fully saturated rings. The molecule has 0 aliphatic carbocycles. The maximum atomic E-state index is 12.4. The molecule has 0 aliphatic rings. The van der Waals surface area contributed by atoms with Crippen molar-refractivity contribution < 1.29 is 13.2 Å². The first kappa shape index (κ1) is 12.5. The number of rotatable bonds is 3. The van der Waals surface area contributed by atoms with E-state index in [9.17, 15) is 13.2 Å². The first-order chi connectivity index (χ1) is 7.39. The van der Waals surface area contributed by atoms with E-state index in [1.165, 1.54) is 0 Å². The van der Waals surface area contributed by atoms with Gasteiger partial charge >= 0.3 is 6.18 Å². The highest BCUT2D eigenvalue weighted by Crippen LogP contribution is 2.29.